The summed E-state index contributed by atoms with van der Waals surface area (Å²) in [4.78, 5) is 4.94. The fraction of sp³-hybridized carbons (Fsp3) is 0.211. The number of nitrogens with zero attached hydrogens (tertiary/aromatic N) is 2. The Hall–Kier alpha value is -1.87. The molecule has 2 aliphatic carbocycles. The third-order valence-electron chi connectivity index (χ3n) is 4.82. The van der Waals surface area contributed by atoms with E-state index < -0.39 is 0 Å². The highest BCUT2D eigenvalue weighted by Gasteiger charge is 2.35. The lowest BCUT2D eigenvalue weighted by Crippen LogP contribution is -2.23. The Labute approximate surface area is 137 Å². The molecule has 0 N–H and O–H groups in total. The number of benzene rings is 1. The zero-order chi connectivity index (χ0) is 14.7. The zero-order valence-electron chi connectivity index (χ0n) is 12.1. The molecule has 0 spiro atoms. The molecule has 1 aromatic carbocycles. The van der Waals surface area contributed by atoms with Gasteiger partial charge >= 0.3 is 0 Å². The molecule has 0 saturated heterocycles. The number of rotatable bonds is 0. The molecule has 108 valence electrons. The van der Waals surface area contributed by atoms with Gasteiger partial charge in [0.2, 0.25) is 0 Å². The van der Waals surface area contributed by atoms with Gasteiger partial charge in [0.25, 0.3) is 0 Å². The van der Waals surface area contributed by atoms with E-state index in [9.17, 15) is 0 Å². The van der Waals surface area contributed by atoms with Crippen molar-refractivity contribution in [2.24, 2.45) is 5.92 Å². The van der Waals surface area contributed by atoms with Gasteiger partial charge < -0.3 is 0 Å². The molecule has 2 aromatic rings. The average Bonchev–Trinajstić information content (AvgIpc) is 2.95. The van der Waals surface area contributed by atoms with Gasteiger partial charge in [-0.3, -0.25) is 4.57 Å². The number of halogens is 1. The van der Waals surface area contributed by atoms with E-state index >= 15 is 0 Å². The molecule has 0 amide bonds. The molecule has 0 bridgehead atoms. The summed E-state index contributed by atoms with van der Waals surface area (Å²) in [5, 5.41) is 0. The summed E-state index contributed by atoms with van der Waals surface area (Å²) in [5.74, 6) is 1.57. The summed E-state index contributed by atoms with van der Waals surface area (Å²) in [7, 11) is 0. The Kier molecular flexibility index (Phi) is 2.62. The van der Waals surface area contributed by atoms with E-state index in [0.29, 0.717) is 5.92 Å². The predicted octanol–water partition coefficient (Wildman–Crippen LogP) is 5.29. The highest BCUT2D eigenvalue weighted by Crippen LogP contribution is 2.48. The number of para-hydroxylation sites is 2. The van der Waals surface area contributed by atoms with Crippen LogP contribution < -0.4 is 0 Å². The quantitative estimate of drug-likeness (QED) is 0.630. The van der Waals surface area contributed by atoms with Crippen molar-refractivity contribution < 1.29 is 0 Å². The van der Waals surface area contributed by atoms with Crippen LogP contribution in [0, 0.1) is 5.92 Å². The summed E-state index contributed by atoms with van der Waals surface area (Å²) < 4.78 is 3.52. The highest BCUT2D eigenvalue weighted by molar-refractivity contribution is 9.11. The first-order valence-electron chi connectivity index (χ1n) is 7.79. The molecular weight excluding hydrogens is 336 g/mol. The van der Waals surface area contributed by atoms with Crippen molar-refractivity contribution in [3.63, 3.8) is 0 Å². The maximum absolute atomic E-state index is 4.94. The Morgan fingerprint density at radius 3 is 2.86 bits per heavy atom. The number of imidazole rings is 1. The van der Waals surface area contributed by atoms with Crippen LogP contribution in [0.1, 0.15) is 25.1 Å². The van der Waals surface area contributed by atoms with Crippen molar-refractivity contribution in [1.82, 2.24) is 9.55 Å². The molecule has 1 aromatic heterocycles. The second-order valence-corrected chi connectivity index (χ2v) is 6.98. The van der Waals surface area contributed by atoms with E-state index in [-0.39, 0.29) is 0 Å². The van der Waals surface area contributed by atoms with Crippen molar-refractivity contribution in [1.29, 1.82) is 0 Å². The van der Waals surface area contributed by atoms with Crippen molar-refractivity contribution in [2.45, 2.75) is 19.3 Å². The van der Waals surface area contributed by atoms with Crippen LogP contribution in [-0.4, -0.2) is 9.55 Å². The zero-order valence-corrected chi connectivity index (χ0v) is 13.7. The summed E-state index contributed by atoms with van der Waals surface area (Å²) >= 11 is 3.65. The molecule has 5 rings (SSSR count). The molecule has 3 heteroatoms. The lowest BCUT2D eigenvalue weighted by atomic mass is 9.78. The Morgan fingerprint density at radius 1 is 1.05 bits per heavy atom. The molecule has 3 aliphatic rings. The molecule has 1 atom stereocenters. The van der Waals surface area contributed by atoms with Crippen molar-refractivity contribution in [2.75, 3.05) is 0 Å². The summed E-state index contributed by atoms with van der Waals surface area (Å²) in [6, 6.07) is 8.45. The minimum atomic E-state index is 0.456. The predicted molar refractivity (Wildman–Crippen MR) is 94.4 cm³/mol. The van der Waals surface area contributed by atoms with Gasteiger partial charge in [0.15, 0.2) is 0 Å². The van der Waals surface area contributed by atoms with E-state index in [4.69, 9.17) is 4.98 Å². The third-order valence-corrected chi connectivity index (χ3v) is 5.37. The van der Waals surface area contributed by atoms with Gasteiger partial charge in [-0.05, 0) is 43.0 Å². The first kappa shape index (κ1) is 12.7. The van der Waals surface area contributed by atoms with Crippen LogP contribution in [-0.2, 0) is 0 Å². The van der Waals surface area contributed by atoms with Crippen LogP contribution in [0.3, 0.4) is 0 Å². The van der Waals surface area contributed by atoms with Crippen LogP contribution in [0.25, 0.3) is 22.3 Å². The maximum atomic E-state index is 4.94. The van der Waals surface area contributed by atoms with E-state index in [1.54, 1.807) is 0 Å². The first-order valence-corrected chi connectivity index (χ1v) is 8.58. The van der Waals surface area contributed by atoms with Gasteiger partial charge in [0.05, 0.1) is 11.0 Å². The van der Waals surface area contributed by atoms with E-state index in [1.807, 2.05) is 0 Å². The molecule has 1 aliphatic heterocycles. The van der Waals surface area contributed by atoms with Crippen molar-refractivity contribution >= 4 is 38.2 Å². The standard InChI is InChI=1S/C19H15BrN2/c20-12-9-10-13-14-5-1-3-7-17(14)22-18-8-4-2-6-16(18)21-19(22)15(13)11-12/h2,4-9,11,13H,1,3,10H2. The molecule has 22 heavy (non-hydrogen) atoms. The SMILES string of the molecule is BrC1=CCC2C3=CCCC=C3n3c(nc4ccccc43)C2=C1. The second-order valence-electron chi connectivity index (χ2n) is 6.06. The number of aromatic nitrogens is 2. The van der Waals surface area contributed by atoms with E-state index in [1.165, 1.54) is 26.8 Å². The van der Waals surface area contributed by atoms with Crippen LogP contribution in [0.15, 0.2) is 58.6 Å². The molecule has 0 fully saturated rings. The lowest BCUT2D eigenvalue weighted by Gasteiger charge is -2.34. The van der Waals surface area contributed by atoms with Gasteiger partial charge in [-0.15, -0.1) is 0 Å². The smallest absolute Gasteiger partial charge is 0.142 e. The number of allylic oxidation sites excluding steroid dienone is 8. The molecule has 0 saturated carbocycles. The normalized spacial score (nSPS) is 22.9. The Bertz CT molecular complexity index is 924. The van der Waals surface area contributed by atoms with E-state index in [0.717, 1.165) is 30.6 Å². The lowest BCUT2D eigenvalue weighted by molar-refractivity contribution is 0.745. The molecule has 1 unspecified atom stereocenters. The van der Waals surface area contributed by atoms with Crippen LogP contribution in [0.4, 0.5) is 0 Å². The largest absolute Gasteiger partial charge is 0.293 e. The first-order chi connectivity index (χ1) is 10.8. The van der Waals surface area contributed by atoms with Gasteiger partial charge in [-0.25, -0.2) is 4.98 Å². The Morgan fingerprint density at radius 2 is 1.91 bits per heavy atom. The molecular formula is C19H15BrN2. The maximum Gasteiger partial charge on any atom is 0.142 e. The van der Waals surface area contributed by atoms with Crippen molar-refractivity contribution in [3.05, 3.63) is 64.4 Å². The fourth-order valence-electron chi connectivity index (χ4n) is 3.87. The minimum absolute atomic E-state index is 0.456. The topological polar surface area (TPSA) is 17.8 Å². The summed E-state index contributed by atoms with van der Waals surface area (Å²) in [6.07, 6.45) is 12.7. The summed E-state index contributed by atoms with van der Waals surface area (Å²) in [6.45, 7) is 0. The third kappa shape index (κ3) is 1.63. The van der Waals surface area contributed by atoms with Crippen LogP contribution in [0.2, 0.25) is 0 Å². The van der Waals surface area contributed by atoms with Gasteiger partial charge in [-0.1, -0.05) is 46.3 Å². The monoisotopic (exact) mass is 350 g/mol. The Balaban J connectivity index is 1.90. The second kappa shape index (κ2) is 4.56. The summed E-state index contributed by atoms with van der Waals surface area (Å²) in [5.41, 5.74) is 6.46. The molecule has 2 heterocycles. The number of hydrogen-bond donors (Lipinski definition) is 0. The van der Waals surface area contributed by atoms with Gasteiger partial charge in [0, 0.05) is 21.7 Å². The fourth-order valence-corrected chi connectivity index (χ4v) is 4.30. The van der Waals surface area contributed by atoms with Gasteiger partial charge in [0.1, 0.15) is 5.82 Å². The number of hydrogen-bond acceptors (Lipinski definition) is 1. The van der Waals surface area contributed by atoms with Gasteiger partial charge in [-0.2, -0.15) is 0 Å². The average molecular weight is 351 g/mol. The van der Waals surface area contributed by atoms with Crippen molar-refractivity contribution in [3.8, 4) is 0 Å². The minimum Gasteiger partial charge on any atom is -0.293 e. The van der Waals surface area contributed by atoms with Crippen LogP contribution >= 0.6 is 15.9 Å². The van der Waals surface area contributed by atoms with E-state index in [2.05, 4.69) is 69.1 Å². The molecule has 0 radical (unpaired) electrons. The van der Waals surface area contributed by atoms with Crippen LogP contribution in [0.5, 0.6) is 0 Å². The number of fused-ring (bicyclic) bond motifs is 8. The molecule has 2 nitrogen and oxygen atoms in total. The highest BCUT2D eigenvalue weighted by atomic mass is 79.9.